The Bertz CT molecular complexity index is 852. The predicted molar refractivity (Wildman–Crippen MR) is 96.4 cm³/mol. The maximum atomic E-state index is 12.5. The summed E-state index contributed by atoms with van der Waals surface area (Å²) in [5.41, 5.74) is 0.403. The maximum Gasteiger partial charge on any atom is 0.243 e. The van der Waals surface area contributed by atoms with Crippen molar-refractivity contribution in [1.82, 2.24) is 4.31 Å². The number of likely N-dealkylation sites (N-methyl/N-ethyl adjacent to an activating group) is 1. The van der Waals surface area contributed by atoms with Crippen molar-refractivity contribution in [3.8, 4) is 0 Å². The lowest BCUT2D eigenvalue weighted by Crippen LogP contribution is -2.35. The molecule has 0 radical (unpaired) electrons. The van der Waals surface area contributed by atoms with Crippen LogP contribution >= 0.6 is 34.8 Å². The van der Waals surface area contributed by atoms with E-state index in [4.69, 9.17) is 34.8 Å². The maximum absolute atomic E-state index is 12.5. The van der Waals surface area contributed by atoms with Gasteiger partial charge >= 0.3 is 0 Å². The number of rotatable bonds is 5. The molecule has 0 unspecified atom stereocenters. The molecule has 0 spiro atoms. The molecule has 0 bridgehead atoms. The van der Waals surface area contributed by atoms with Gasteiger partial charge in [-0.25, -0.2) is 8.42 Å². The minimum absolute atomic E-state index is 0.0898. The molecular formula is C15H13Cl3N2O3S. The number of hydrogen-bond acceptors (Lipinski definition) is 3. The van der Waals surface area contributed by atoms with E-state index < -0.39 is 22.5 Å². The monoisotopic (exact) mass is 406 g/mol. The van der Waals surface area contributed by atoms with E-state index in [1.54, 1.807) is 24.3 Å². The number of hydrogen-bond donors (Lipinski definition) is 1. The van der Waals surface area contributed by atoms with E-state index in [1.807, 2.05) is 0 Å². The highest BCUT2D eigenvalue weighted by Crippen LogP contribution is 2.24. The average molecular weight is 408 g/mol. The Morgan fingerprint density at radius 2 is 1.67 bits per heavy atom. The first kappa shape index (κ1) is 19.0. The van der Waals surface area contributed by atoms with Gasteiger partial charge in [0, 0.05) is 17.1 Å². The summed E-state index contributed by atoms with van der Waals surface area (Å²) in [6.07, 6.45) is 0. The Labute approximate surface area is 155 Å². The van der Waals surface area contributed by atoms with Gasteiger partial charge < -0.3 is 5.32 Å². The number of para-hydroxylation sites is 1. The van der Waals surface area contributed by atoms with Crippen molar-refractivity contribution in [3.63, 3.8) is 0 Å². The first-order chi connectivity index (χ1) is 11.2. The first-order valence-electron chi connectivity index (χ1n) is 6.67. The number of halogens is 3. The molecule has 0 heterocycles. The molecule has 0 saturated heterocycles. The highest BCUT2D eigenvalue weighted by Gasteiger charge is 2.24. The second kappa shape index (κ2) is 7.72. The van der Waals surface area contributed by atoms with Gasteiger partial charge in [-0.3, -0.25) is 4.79 Å². The van der Waals surface area contributed by atoms with Crippen molar-refractivity contribution in [3.05, 3.63) is 57.5 Å². The molecule has 1 amide bonds. The first-order valence-corrected chi connectivity index (χ1v) is 9.24. The molecule has 0 atom stereocenters. The Balaban J connectivity index is 2.14. The van der Waals surface area contributed by atoms with Gasteiger partial charge in [-0.1, -0.05) is 46.9 Å². The number of amides is 1. The summed E-state index contributed by atoms with van der Waals surface area (Å²) in [6, 6.07) is 10.6. The summed E-state index contributed by atoms with van der Waals surface area (Å²) in [4.78, 5) is 12.0. The van der Waals surface area contributed by atoms with Crippen molar-refractivity contribution in [2.45, 2.75) is 4.90 Å². The number of anilines is 1. The molecule has 2 aromatic carbocycles. The summed E-state index contributed by atoms with van der Waals surface area (Å²) in [5, 5.41) is 3.30. The van der Waals surface area contributed by atoms with E-state index in [0.717, 1.165) is 4.31 Å². The van der Waals surface area contributed by atoms with Crippen molar-refractivity contribution >= 4 is 56.4 Å². The number of sulfonamides is 1. The smallest absolute Gasteiger partial charge is 0.243 e. The minimum atomic E-state index is -3.91. The number of carbonyl (C=O) groups is 1. The summed E-state index contributed by atoms with van der Waals surface area (Å²) >= 11 is 17.6. The predicted octanol–water partition coefficient (Wildman–Crippen LogP) is 3.91. The zero-order valence-corrected chi connectivity index (χ0v) is 15.5. The molecule has 5 nitrogen and oxygen atoms in total. The summed E-state index contributed by atoms with van der Waals surface area (Å²) in [7, 11) is -2.62. The molecule has 0 aliphatic rings. The lowest BCUT2D eigenvalue weighted by Gasteiger charge is -2.17. The van der Waals surface area contributed by atoms with Crippen molar-refractivity contribution in [1.29, 1.82) is 0 Å². The van der Waals surface area contributed by atoms with Crippen LogP contribution in [0.4, 0.5) is 5.69 Å². The van der Waals surface area contributed by atoms with E-state index >= 15 is 0 Å². The van der Waals surface area contributed by atoms with Gasteiger partial charge in [0.25, 0.3) is 0 Å². The van der Waals surface area contributed by atoms with Crippen LogP contribution in [0.15, 0.2) is 47.4 Å². The summed E-state index contributed by atoms with van der Waals surface area (Å²) in [5.74, 6) is -0.526. The van der Waals surface area contributed by atoms with Gasteiger partial charge in [-0.05, 0) is 30.3 Å². The Kier molecular flexibility index (Phi) is 6.11. The zero-order chi connectivity index (χ0) is 17.9. The van der Waals surface area contributed by atoms with Crippen LogP contribution in [0.5, 0.6) is 0 Å². The largest absolute Gasteiger partial charge is 0.324 e. The van der Waals surface area contributed by atoms with Crippen LogP contribution in [0.2, 0.25) is 15.1 Å². The fraction of sp³-hybridized carbons (Fsp3) is 0.133. The third-order valence-corrected chi connectivity index (χ3v) is 5.61. The molecule has 128 valence electrons. The van der Waals surface area contributed by atoms with E-state index in [9.17, 15) is 13.2 Å². The fourth-order valence-electron chi connectivity index (χ4n) is 1.90. The molecule has 0 saturated carbocycles. The van der Waals surface area contributed by atoms with Crippen LogP contribution in [0.1, 0.15) is 0 Å². The van der Waals surface area contributed by atoms with Gasteiger partial charge in [0.05, 0.1) is 22.2 Å². The molecule has 1 N–H and O–H groups in total. The number of carbonyl (C=O) groups excluding carboxylic acids is 1. The van der Waals surface area contributed by atoms with Gasteiger partial charge in [-0.2, -0.15) is 4.31 Å². The number of benzene rings is 2. The van der Waals surface area contributed by atoms with Crippen molar-refractivity contribution in [2.75, 3.05) is 18.9 Å². The fourth-order valence-corrected chi connectivity index (χ4v) is 3.93. The van der Waals surface area contributed by atoms with Gasteiger partial charge in [0.1, 0.15) is 0 Å². The van der Waals surface area contributed by atoms with Crippen molar-refractivity contribution in [2.24, 2.45) is 0 Å². The van der Waals surface area contributed by atoms with E-state index in [0.29, 0.717) is 10.7 Å². The highest BCUT2D eigenvalue weighted by molar-refractivity contribution is 7.89. The third kappa shape index (κ3) is 4.62. The lowest BCUT2D eigenvalue weighted by atomic mass is 10.3. The molecular weight excluding hydrogens is 395 g/mol. The molecule has 0 aliphatic heterocycles. The second-order valence-electron chi connectivity index (χ2n) is 4.89. The number of nitrogens with one attached hydrogen (secondary N) is 1. The molecule has 9 heteroatoms. The zero-order valence-electron chi connectivity index (χ0n) is 12.5. The van der Waals surface area contributed by atoms with Crippen molar-refractivity contribution < 1.29 is 13.2 Å². The van der Waals surface area contributed by atoms with Gasteiger partial charge in [0.15, 0.2) is 0 Å². The average Bonchev–Trinajstić information content (AvgIpc) is 2.48. The van der Waals surface area contributed by atoms with E-state index in [2.05, 4.69) is 5.32 Å². The van der Waals surface area contributed by atoms with Gasteiger partial charge in [-0.15, -0.1) is 0 Å². The minimum Gasteiger partial charge on any atom is -0.324 e. The third-order valence-electron chi connectivity index (χ3n) is 3.06. The Morgan fingerprint density at radius 3 is 2.25 bits per heavy atom. The molecule has 24 heavy (non-hydrogen) atoms. The Morgan fingerprint density at radius 1 is 1.08 bits per heavy atom. The standard InChI is InChI=1S/C15H13Cl3N2O3S/c1-20(9-15(21)19-14-5-3-2-4-13(14)18)24(22,23)12-7-10(16)6-11(17)8-12/h2-8H,9H2,1H3,(H,19,21). The summed E-state index contributed by atoms with van der Waals surface area (Å²) in [6.45, 7) is -0.391. The van der Waals surface area contributed by atoms with Crippen LogP contribution in [0.3, 0.4) is 0 Å². The van der Waals surface area contributed by atoms with Crippen LogP contribution in [-0.4, -0.2) is 32.2 Å². The van der Waals surface area contributed by atoms with Gasteiger partial charge in [0.2, 0.25) is 15.9 Å². The normalized spacial score (nSPS) is 11.5. The van der Waals surface area contributed by atoms with Crippen LogP contribution in [-0.2, 0) is 14.8 Å². The lowest BCUT2D eigenvalue weighted by molar-refractivity contribution is -0.116. The molecule has 0 fully saturated rings. The van der Waals surface area contributed by atoms with Crippen LogP contribution in [0, 0.1) is 0 Å². The van der Waals surface area contributed by atoms with Crippen LogP contribution in [0.25, 0.3) is 0 Å². The van der Waals surface area contributed by atoms with Crippen LogP contribution < -0.4 is 5.32 Å². The SMILES string of the molecule is CN(CC(=O)Nc1ccccc1Cl)S(=O)(=O)c1cc(Cl)cc(Cl)c1. The molecule has 2 rings (SSSR count). The Hall–Kier alpha value is -1.31. The molecule has 0 aromatic heterocycles. The van der Waals surface area contributed by atoms with E-state index in [1.165, 1.54) is 25.2 Å². The van der Waals surface area contributed by atoms with E-state index in [-0.39, 0.29) is 14.9 Å². The summed E-state index contributed by atoms with van der Waals surface area (Å²) < 4.78 is 25.9. The molecule has 2 aromatic rings. The topological polar surface area (TPSA) is 66.5 Å². The molecule has 0 aliphatic carbocycles. The number of nitrogens with zero attached hydrogens (tertiary/aromatic N) is 1. The highest BCUT2D eigenvalue weighted by atomic mass is 35.5. The quantitative estimate of drug-likeness (QED) is 0.817. The second-order valence-corrected chi connectivity index (χ2v) is 8.22.